The fraction of sp³-hybridized carbons (Fsp3) is 0.368. The highest BCUT2D eigenvalue weighted by atomic mass is 16.7. The maximum atomic E-state index is 6.01. The number of unbranched alkanes of at least 4 members (excludes halogenated alkanes) is 1. The van der Waals surface area contributed by atoms with E-state index < -0.39 is 0 Å². The fourth-order valence-corrected chi connectivity index (χ4v) is 2.65. The highest BCUT2D eigenvalue weighted by molar-refractivity contribution is 5.54. The molecule has 1 aliphatic rings. The first kappa shape index (κ1) is 14.8. The summed E-state index contributed by atoms with van der Waals surface area (Å²) in [5, 5.41) is 0. The van der Waals surface area contributed by atoms with Gasteiger partial charge in [-0.25, -0.2) is 0 Å². The van der Waals surface area contributed by atoms with Crippen molar-refractivity contribution in [3.05, 3.63) is 53.6 Å². The van der Waals surface area contributed by atoms with E-state index >= 15 is 0 Å². The second-order valence-corrected chi connectivity index (χ2v) is 5.58. The first-order chi connectivity index (χ1) is 10.8. The zero-order valence-corrected chi connectivity index (χ0v) is 13.2. The van der Waals surface area contributed by atoms with Gasteiger partial charge in [0.25, 0.3) is 0 Å². The smallest absolute Gasteiger partial charge is 0.231 e. The second kappa shape index (κ2) is 6.73. The summed E-state index contributed by atoms with van der Waals surface area (Å²) in [4.78, 5) is 0. The molecule has 1 atom stereocenters. The number of ether oxygens (including phenoxy) is 3. The molecule has 1 aliphatic heterocycles. The molecular formula is C19H22O3. The molecule has 22 heavy (non-hydrogen) atoms. The topological polar surface area (TPSA) is 27.7 Å². The molecule has 0 fully saturated rings. The van der Waals surface area contributed by atoms with Gasteiger partial charge in [0, 0.05) is 17.5 Å². The maximum absolute atomic E-state index is 6.01. The third-order valence-electron chi connectivity index (χ3n) is 4.03. The standard InChI is InChI=1S/C19H22O3/c1-3-4-10-20-17-12-19-18(21-13-22-19)11-16(17)14(2)15-8-6-5-7-9-15/h5-9,11-12,14H,3-4,10,13H2,1-2H3/t14-/m1/s1. The van der Waals surface area contributed by atoms with Gasteiger partial charge in [-0.05, 0) is 18.1 Å². The van der Waals surface area contributed by atoms with Crippen LogP contribution in [0.5, 0.6) is 17.2 Å². The van der Waals surface area contributed by atoms with Crippen LogP contribution < -0.4 is 14.2 Å². The number of fused-ring (bicyclic) bond motifs is 1. The monoisotopic (exact) mass is 298 g/mol. The van der Waals surface area contributed by atoms with Crippen LogP contribution >= 0.6 is 0 Å². The number of benzene rings is 2. The molecule has 2 aromatic rings. The summed E-state index contributed by atoms with van der Waals surface area (Å²) >= 11 is 0. The number of hydrogen-bond acceptors (Lipinski definition) is 3. The number of rotatable bonds is 6. The van der Waals surface area contributed by atoms with Crippen molar-refractivity contribution in [3.8, 4) is 17.2 Å². The van der Waals surface area contributed by atoms with Crippen LogP contribution in [0, 0.1) is 0 Å². The molecule has 3 nitrogen and oxygen atoms in total. The summed E-state index contributed by atoms with van der Waals surface area (Å²) in [5.74, 6) is 2.72. The average molecular weight is 298 g/mol. The Labute approximate surface area is 131 Å². The molecule has 1 heterocycles. The zero-order valence-electron chi connectivity index (χ0n) is 13.2. The normalized spacial score (nSPS) is 13.9. The van der Waals surface area contributed by atoms with Crippen molar-refractivity contribution in [1.29, 1.82) is 0 Å². The van der Waals surface area contributed by atoms with Crippen molar-refractivity contribution in [2.45, 2.75) is 32.6 Å². The van der Waals surface area contributed by atoms with Gasteiger partial charge in [0.2, 0.25) is 6.79 Å². The van der Waals surface area contributed by atoms with Crippen LogP contribution in [0.3, 0.4) is 0 Å². The summed E-state index contributed by atoms with van der Waals surface area (Å²) in [7, 11) is 0. The molecule has 0 bridgehead atoms. The molecule has 3 heteroatoms. The molecule has 0 aromatic heterocycles. The van der Waals surface area contributed by atoms with E-state index in [2.05, 4.69) is 44.2 Å². The first-order valence-electron chi connectivity index (χ1n) is 7.91. The van der Waals surface area contributed by atoms with Gasteiger partial charge >= 0.3 is 0 Å². The Bertz CT molecular complexity index is 622. The van der Waals surface area contributed by atoms with E-state index in [1.54, 1.807) is 0 Å². The van der Waals surface area contributed by atoms with Gasteiger partial charge in [0.1, 0.15) is 5.75 Å². The van der Waals surface area contributed by atoms with Crippen molar-refractivity contribution in [2.24, 2.45) is 0 Å². The quantitative estimate of drug-likeness (QED) is 0.721. The Morgan fingerprint density at radius 2 is 1.82 bits per heavy atom. The average Bonchev–Trinajstić information content (AvgIpc) is 3.02. The van der Waals surface area contributed by atoms with Crippen LogP contribution in [0.4, 0.5) is 0 Å². The van der Waals surface area contributed by atoms with E-state index in [0.717, 1.165) is 42.3 Å². The highest BCUT2D eigenvalue weighted by Gasteiger charge is 2.21. The largest absolute Gasteiger partial charge is 0.493 e. The summed E-state index contributed by atoms with van der Waals surface area (Å²) in [6.07, 6.45) is 2.17. The van der Waals surface area contributed by atoms with Crippen LogP contribution in [-0.4, -0.2) is 13.4 Å². The Kier molecular flexibility index (Phi) is 4.52. The van der Waals surface area contributed by atoms with E-state index in [4.69, 9.17) is 14.2 Å². The van der Waals surface area contributed by atoms with Crippen molar-refractivity contribution in [1.82, 2.24) is 0 Å². The molecule has 3 rings (SSSR count). The lowest BCUT2D eigenvalue weighted by atomic mass is 9.92. The van der Waals surface area contributed by atoms with Gasteiger partial charge in [-0.2, -0.15) is 0 Å². The first-order valence-corrected chi connectivity index (χ1v) is 7.91. The SMILES string of the molecule is CCCCOc1cc2c(cc1[C@H](C)c1ccccc1)OCO2. The van der Waals surface area contributed by atoms with E-state index in [0.29, 0.717) is 0 Å². The maximum Gasteiger partial charge on any atom is 0.231 e. The Hall–Kier alpha value is -2.16. The van der Waals surface area contributed by atoms with Crippen molar-refractivity contribution in [2.75, 3.05) is 13.4 Å². The third kappa shape index (κ3) is 3.03. The molecule has 2 aromatic carbocycles. The fourth-order valence-electron chi connectivity index (χ4n) is 2.65. The zero-order chi connectivity index (χ0) is 15.4. The lowest BCUT2D eigenvalue weighted by Crippen LogP contribution is -2.03. The summed E-state index contributed by atoms with van der Waals surface area (Å²) in [6, 6.07) is 14.5. The van der Waals surface area contributed by atoms with E-state index in [1.165, 1.54) is 5.56 Å². The molecule has 0 spiro atoms. The van der Waals surface area contributed by atoms with Crippen LogP contribution in [0.1, 0.15) is 43.7 Å². The predicted molar refractivity (Wildman–Crippen MR) is 86.9 cm³/mol. The van der Waals surface area contributed by atoms with Crippen molar-refractivity contribution in [3.63, 3.8) is 0 Å². The Morgan fingerprint density at radius 1 is 1.09 bits per heavy atom. The second-order valence-electron chi connectivity index (χ2n) is 5.58. The molecule has 0 aliphatic carbocycles. The minimum Gasteiger partial charge on any atom is -0.493 e. The summed E-state index contributed by atoms with van der Waals surface area (Å²) in [5.41, 5.74) is 2.41. The molecule has 0 radical (unpaired) electrons. The minimum absolute atomic E-state index is 0.243. The van der Waals surface area contributed by atoms with Crippen LogP contribution in [0.2, 0.25) is 0 Å². The Morgan fingerprint density at radius 3 is 2.55 bits per heavy atom. The molecule has 116 valence electrons. The lowest BCUT2D eigenvalue weighted by Gasteiger charge is -2.18. The van der Waals surface area contributed by atoms with E-state index in [1.807, 2.05) is 12.1 Å². The molecular weight excluding hydrogens is 276 g/mol. The van der Waals surface area contributed by atoms with Gasteiger partial charge in [-0.15, -0.1) is 0 Å². The Balaban J connectivity index is 1.93. The van der Waals surface area contributed by atoms with Crippen molar-refractivity contribution < 1.29 is 14.2 Å². The lowest BCUT2D eigenvalue weighted by molar-refractivity contribution is 0.173. The summed E-state index contributed by atoms with van der Waals surface area (Å²) in [6.45, 7) is 5.37. The van der Waals surface area contributed by atoms with Crippen LogP contribution in [-0.2, 0) is 0 Å². The van der Waals surface area contributed by atoms with Crippen LogP contribution in [0.25, 0.3) is 0 Å². The van der Waals surface area contributed by atoms with Gasteiger partial charge in [0.15, 0.2) is 11.5 Å². The van der Waals surface area contributed by atoms with E-state index in [-0.39, 0.29) is 12.7 Å². The molecule has 0 unspecified atom stereocenters. The highest BCUT2D eigenvalue weighted by Crippen LogP contribution is 2.42. The van der Waals surface area contributed by atoms with Crippen LogP contribution in [0.15, 0.2) is 42.5 Å². The van der Waals surface area contributed by atoms with Gasteiger partial charge < -0.3 is 14.2 Å². The third-order valence-corrected chi connectivity index (χ3v) is 4.03. The van der Waals surface area contributed by atoms with Gasteiger partial charge in [-0.1, -0.05) is 50.6 Å². The van der Waals surface area contributed by atoms with Crippen molar-refractivity contribution >= 4 is 0 Å². The van der Waals surface area contributed by atoms with Gasteiger partial charge in [-0.3, -0.25) is 0 Å². The molecule has 0 saturated heterocycles. The predicted octanol–water partition coefficient (Wildman–Crippen LogP) is 4.75. The molecule has 0 N–H and O–H groups in total. The summed E-state index contributed by atoms with van der Waals surface area (Å²) < 4.78 is 17.0. The van der Waals surface area contributed by atoms with Gasteiger partial charge in [0.05, 0.1) is 6.61 Å². The molecule has 0 saturated carbocycles. The minimum atomic E-state index is 0.243. The van der Waals surface area contributed by atoms with E-state index in [9.17, 15) is 0 Å². The number of hydrogen-bond donors (Lipinski definition) is 0. The molecule has 0 amide bonds.